The number of halogens is 2. The zero-order valence-electron chi connectivity index (χ0n) is 13.4. The molecule has 25 heavy (non-hydrogen) atoms. The molecule has 1 amide bonds. The van der Waals surface area contributed by atoms with E-state index >= 15 is 0 Å². The molecule has 0 aliphatic carbocycles. The van der Waals surface area contributed by atoms with Crippen LogP contribution in [0.25, 0.3) is 0 Å². The van der Waals surface area contributed by atoms with Crippen LogP contribution in [0.4, 0.5) is 8.78 Å². The van der Waals surface area contributed by atoms with Crippen molar-refractivity contribution in [2.45, 2.75) is 12.7 Å². The Morgan fingerprint density at radius 2 is 1.72 bits per heavy atom. The van der Waals surface area contributed by atoms with Gasteiger partial charge in [-0.25, -0.2) is 0 Å². The van der Waals surface area contributed by atoms with Crippen molar-refractivity contribution < 1.29 is 23.4 Å². The van der Waals surface area contributed by atoms with Gasteiger partial charge >= 0.3 is 6.61 Å². The van der Waals surface area contributed by atoms with E-state index < -0.39 is 12.7 Å². The number of benzene rings is 2. The first kappa shape index (κ1) is 19.2. The highest BCUT2D eigenvalue weighted by atomic mass is 32.2. The molecule has 0 fully saturated rings. The van der Waals surface area contributed by atoms with Gasteiger partial charge in [0, 0.05) is 5.75 Å². The van der Waals surface area contributed by atoms with Crippen LogP contribution >= 0.6 is 11.8 Å². The maximum absolute atomic E-state index is 12.3. The van der Waals surface area contributed by atoms with Gasteiger partial charge in [0.2, 0.25) is 5.91 Å². The Kier molecular flexibility index (Phi) is 7.69. The number of carbonyl (C=O) groups is 1. The summed E-state index contributed by atoms with van der Waals surface area (Å²) in [6, 6.07) is 15.2. The number of hydrogen-bond acceptors (Lipinski definition) is 4. The number of amides is 1. The first-order chi connectivity index (χ1) is 12.1. The van der Waals surface area contributed by atoms with E-state index in [1.54, 1.807) is 12.1 Å². The average molecular weight is 367 g/mol. The Bertz CT molecular complexity index is 653. The molecule has 0 spiro atoms. The number of hydrogen-bond donors (Lipinski definition) is 2. The van der Waals surface area contributed by atoms with Crippen LogP contribution in [-0.4, -0.2) is 35.7 Å². The summed E-state index contributed by atoms with van der Waals surface area (Å²) >= 11 is 1.34. The standard InChI is InChI=1S/C18H19F2NO3S/c19-18(20)24-15-8-6-14(7-9-15)17(13-4-2-1-3-5-13)21-16(23)12-25-11-10-22/h1-9,17-18,22H,10-12H2,(H,21,23)/t17-/m1/s1. The number of thioether (sulfide) groups is 1. The van der Waals surface area contributed by atoms with E-state index in [-0.39, 0.29) is 24.0 Å². The van der Waals surface area contributed by atoms with Gasteiger partial charge in [-0.3, -0.25) is 4.79 Å². The minimum atomic E-state index is -2.88. The molecule has 0 saturated heterocycles. The monoisotopic (exact) mass is 367 g/mol. The summed E-state index contributed by atoms with van der Waals surface area (Å²) in [6.45, 7) is -2.86. The lowest BCUT2D eigenvalue weighted by molar-refractivity contribution is -0.119. The smallest absolute Gasteiger partial charge is 0.387 e. The van der Waals surface area contributed by atoms with Crippen molar-refractivity contribution in [3.8, 4) is 5.75 Å². The molecule has 0 bridgehead atoms. The largest absolute Gasteiger partial charge is 0.435 e. The van der Waals surface area contributed by atoms with Crippen molar-refractivity contribution in [1.29, 1.82) is 0 Å². The molecule has 2 aromatic rings. The van der Waals surface area contributed by atoms with Crippen LogP contribution in [-0.2, 0) is 4.79 Å². The van der Waals surface area contributed by atoms with Gasteiger partial charge in [-0.05, 0) is 23.3 Å². The van der Waals surface area contributed by atoms with Gasteiger partial charge in [0.15, 0.2) is 0 Å². The van der Waals surface area contributed by atoms with Crippen molar-refractivity contribution in [1.82, 2.24) is 5.32 Å². The minimum Gasteiger partial charge on any atom is -0.435 e. The minimum absolute atomic E-state index is 0.0195. The Balaban J connectivity index is 2.15. The Labute approximate surface area is 149 Å². The second kappa shape index (κ2) is 10.0. The highest BCUT2D eigenvalue weighted by Crippen LogP contribution is 2.25. The van der Waals surface area contributed by atoms with E-state index in [1.807, 2.05) is 30.3 Å². The quantitative estimate of drug-likeness (QED) is 0.668. The molecule has 2 rings (SSSR count). The third kappa shape index (κ3) is 6.36. The molecule has 2 aromatic carbocycles. The zero-order chi connectivity index (χ0) is 18.1. The summed E-state index contributed by atoms with van der Waals surface area (Å²) in [5.74, 6) is 0.620. The number of rotatable bonds is 9. The Morgan fingerprint density at radius 3 is 2.32 bits per heavy atom. The molecule has 0 aromatic heterocycles. The molecule has 0 aliphatic heterocycles. The van der Waals surface area contributed by atoms with Gasteiger partial charge in [-0.15, -0.1) is 11.8 Å². The molecule has 0 unspecified atom stereocenters. The Morgan fingerprint density at radius 1 is 1.08 bits per heavy atom. The summed E-state index contributed by atoms with van der Waals surface area (Å²) in [6.07, 6.45) is 0. The number of alkyl halides is 2. The molecule has 0 saturated carbocycles. The lowest BCUT2D eigenvalue weighted by Crippen LogP contribution is -2.30. The van der Waals surface area contributed by atoms with Crippen molar-refractivity contribution in [2.75, 3.05) is 18.1 Å². The van der Waals surface area contributed by atoms with E-state index in [4.69, 9.17) is 5.11 Å². The first-order valence-corrected chi connectivity index (χ1v) is 8.83. The second-order valence-electron chi connectivity index (χ2n) is 5.13. The molecule has 2 N–H and O–H groups in total. The van der Waals surface area contributed by atoms with Gasteiger partial charge in [-0.2, -0.15) is 8.78 Å². The van der Waals surface area contributed by atoms with Gasteiger partial charge in [0.25, 0.3) is 0 Å². The summed E-state index contributed by atoms with van der Waals surface area (Å²) in [7, 11) is 0. The zero-order valence-corrected chi connectivity index (χ0v) is 14.2. The predicted octanol–water partition coefficient (Wildman–Crippen LogP) is 3.22. The fraction of sp³-hybridized carbons (Fsp3) is 0.278. The Hall–Kier alpha value is -2.12. The maximum Gasteiger partial charge on any atom is 0.387 e. The number of nitrogens with one attached hydrogen (secondary N) is 1. The van der Waals surface area contributed by atoms with Crippen LogP contribution in [0.5, 0.6) is 5.75 Å². The highest BCUT2D eigenvalue weighted by molar-refractivity contribution is 7.99. The van der Waals surface area contributed by atoms with Crippen LogP contribution in [0.3, 0.4) is 0 Å². The van der Waals surface area contributed by atoms with E-state index in [1.165, 1.54) is 23.9 Å². The van der Waals surface area contributed by atoms with Crippen LogP contribution in [0.2, 0.25) is 0 Å². The van der Waals surface area contributed by atoms with Crippen molar-refractivity contribution in [2.24, 2.45) is 0 Å². The van der Waals surface area contributed by atoms with Gasteiger partial charge in [0.1, 0.15) is 5.75 Å². The van der Waals surface area contributed by atoms with Gasteiger partial charge in [-0.1, -0.05) is 42.5 Å². The predicted molar refractivity (Wildman–Crippen MR) is 93.9 cm³/mol. The molecule has 134 valence electrons. The lowest BCUT2D eigenvalue weighted by Gasteiger charge is -2.20. The van der Waals surface area contributed by atoms with Crippen molar-refractivity contribution in [3.63, 3.8) is 0 Å². The van der Waals surface area contributed by atoms with Gasteiger partial charge < -0.3 is 15.2 Å². The van der Waals surface area contributed by atoms with E-state index in [2.05, 4.69) is 10.1 Å². The number of carbonyl (C=O) groups excluding carboxylic acids is 1. The van der Waals surface area contributed by atoms with E-state index in [9.17, 15) is 13.6 Å². The number of aliphatic hydroxyl groups is 1. The first-order valence-electron chi connectivity index (χ1n) is 7.68. The summed E-state index contributed by atoms with van der Waals surface area (Å²) in [5, 5.41) is 11.7. The third-order valence-corrected chi connectivity index (χ3v) is 4.28. The van der Waals surface area contributed by atoms with Crippen LogP contribution in [0.1, 0.15) is 17.2 Å². The second-order valence-corrected chi connectivity index (χ2v) is 6.24. The van der Waals surface area contributed by atoms with Crippen molar-refractivity contribution >= 4 is 17.7 Å². The van der Waals surface area contributed by atoms with Crippen molar-refractivity contribution in [3.05, 3.63) is 65.7 Å². The van der Waals surface area contributed by atoms with Gasteiger partial charge in [0.05, 0.1) is 18.4 Å². The SMILES string of the molecule is O=C(CSCCO)N[C@H](c1ccccc1)c1ccc(OC(F)F)cc1. The highest BCUT2D eigenvalue weighted by Gasteiger charge is 2.17. The molecule has 0 radical (unpaired) electrons. The normalized spacial score (nSPS) is 12.0. The van der Waals surface area contributed by atoms with Crippen LogP contribution in [0, 0.1) is 0 Å². The van der Waals surface area contributed by atoms with E-state index in [0.717, 1.165) is 11.1 Å². The molecular formula is C18H19F2NO3S. The number of aliphatic hydroxyl groups excluding tert-OH is 1. The molecular weight excluding hydrogens is 348 g/mol. The van der Waals surface area contributed by atoms with Crippen LogP contribution < -0.4 is 10.1 Å². The summed E-state index contributed by atoms with van der Waals surface area (Å²) < 4.78 is 28.9. The lowest BCUT2D eigenvalue weighted by atomic mass is 9.98. The average Bonchev–Trinajstić information content (AvgIpc) is 2.61. The fourth-order valence-electron chi connectivity index (χ4n) is 2.28. The molecule has 0 heterocycles. The third-order valence-electron chi connectivity index (χ3n) is 3.35. The maximum atomic E-state index is 12.3. The summed E-state index contributed by atoms with van der Waals surface area (Å²) in [5.41, 5.74) is 1.64. The summed E-state index contributed by atoms with van der Waals surface area (Å²) in [4.78, 5) is 12.1. The van der Waals surface area contributed by atoms with Crippen LogP contribution in [0.15, 0.2) is 54.6 Å². The fourth-order valence-corrected chi connectivity index (χ4v) is 2.82. The topological polar surface area (TPSA) is 58.6 Å². The molecule has 1 atom stereocenters. The number of ether oxygens (including phenoxy) is 1. The van der Waals surface area contributed by atoms with E-state index in [0.29, 0.717) is 5.75 Å². The molecule has 0 aliphatic rings. The molecule has 4 nitrogen and oxygen atoms in total. The molecule has 7 heteroatoms.